The predicted octanol–water partition coefficient (Wildman–Crippen LogP) is 3.81. The van der Waals surface area contributed by atoms with Crippen LogP contribution in [0.15, 0.2) is 60.7 Å². The van der Waals surface area contributed by atoms with E-state index in [9.17, 15) is 14.4 Å². The molecule has 0 unspecified atom stereocenters. The second-order valence-electron chi connectivity index (χ2n) is 9.27. The van der Waals surface area contributed by atoms with Crippen molar-refractivity contribution in [2.24, 2.45) is 11.8 Å². The van der Waals surface area contributed by atoms with E-state index in [1.807, 2.05) is 53.5 Å². The van der Waals surface area contributed by atoms with E-state index < -0.39 is 35.8 Å². The predicted molar refractivity (Wildman–Crippen MR) is 139 cm³/mol. The fourth-order valence-electron chi connectivity index (χ4n) is 6.03. The van der Waals surface area contributed by atoms with Crippen LogP contribution in [0.5, 0.6) is 11.5 Å². The van der Waals surface area contributed by atoms with Crippen LogP contribution in [0, 0.1) is 11.8 Å². The van der Waals surface area contributed by atoms with Gasteiger partial charge in [-0.25, -0.2) is 9.69 Å². The van der Waals surface area contributed by atoms with Crippen molar-refractivity contribution in [2.45, 2.75) is 19.0 Å². The topological polar surface area (TPSA) is 85.4 Å². The fourth-order valence-corrected chi connectivity index (χ4v) is 6.03. The Hall–Kier alpha value is -4.33. The summed E-state index contributed by atoms with van der Waals surface area (Å²) in [6.45, 7) is 1.90. The summed E-state index contributed by atoms with van der Waals surface area (Å²) in [4.78, 5) is 44.4. The number of benzene rings is 3. The molecule has 3 aliphatic rings. The monoisotopic (exact) mass is 498 g/mol. The SMILES string of the molecule is CCOC(=O)[C@@H]1[C@@H]2C(=O)N(c3ccc(OC)cc3OC)C(=O)[C@@H]2[C@H]2C=Cc3c(ccc4ccccc34)N21. The molecule has 8 heteroatoms. The van der Waals surface area contributed by atoms with Crippen molar-refractivity contribution in [3.8, 4) is 11.5 Å². The zero-order chi connectivity index (χ0) is 25.8. The van der Waals surface area contributed by atoms with E-state index in [1.54, 1.807) is 25.1 Å². The van der Waals surface area contributed by atoms with Gasteiger partial charge in [-0.3, -0.25) is 9.59 Å². The lowest BCUT2D eigenvalue weighted by Gasteiger charge is -2.36. The number of amides is 2. The maximum absolute atomic E-state index is 14.0. The van der Waals surface area contributed by atoms with E-state index in [2.05, 4.69) is 0 Å². The van der Waals surface area contributed by atoms with Gasteiger partial charge in [0, 0.05) is 17.3 Å². The molecule has 6 rings (SSSR count). The Morgan fingerprint density at radius 3 is 2.43 bits per heavy atom. The molecule has 3 aromatic rings. The van der Waals surface area contributed by atoms with Gasteiger partial charge in [0.05, 0.1) is 44.4 Å². The maximum Gasteiger partial charge on any atom is 0.329 e. The van der Waals surface area contributed by atoms with Gasteiger partial charge in [-0.15, -0.1) is 0 Å². The quantitative estimate of drug-likeness (QED) is 0.391. The number of hydrogen-bond acceptors (Lipinski definition) is 7. The molecule has 0 saturated carbocycles. The van der Waals surface area contributed by atoms with Crippen LogP contribution in [0.2, 0.25) is 0 Å². The first-order valence-electron chi connectivity index (χ1n) is 12.2. The molecule has 3 aromatic carbocycles. The fraction of sp³-hybridized carbons (Fsp3) is 0.276. The van der Waals surface area contributed by atoms with Crippen molar-refractivity contribution >= 4 is 46.0 Å². The first-order chi connectivity index (χ1) is 18.0. The minimum Gasteiger partial charge on any atom is -0.497 e. The van der Waals surface area contributed by atoms with E-state index in [0.29, 0.717) is 17.2 Å². The number of fused-ring (bicyclic) bond motifs is 7. The van der Waals surface area contributed by atoms with Crippen molar-refractivity contribution in [2.75, 3.05) is 30.6 Å². The van der Waals surface area contributed by atoms with Crippen LogP contribution in [0.25, 0.3) is 16.8 Å². The highest BCUT2D eigenvalue weighted by molar-refractivity contribution is 6.25. The van der Waals surface area contributed by atoms with E-state index >= 15 is 0 Å². The van der Waals surface area contributed by atoms with E-state index in [-0.39, 0.29) is 12.5 Å². The van der Waals surface area contributed by atoms with E-state index in [0.717, 1.165) is 26.9 Å². The van der Waals surface area contributed by atoms with Crippen molar-refractivity contribution in [1.29, 1.82) is 0 Å². The Labute approximate surface area is 214 Å². The standard InChI is InChI=1S/C29H26N2O6/c1-4-37-29(34)26-25-24(27(32)31(28(25)33)21-13-10-17(35-2)15-23(21)36-3)22-14-11-19-18-8-6-5-7-16(18)9-12-20(19)30(22)26/h5-15,22,24-26H,4H2,1-3H3/t22-,24-,25-,26+/m1/s1. The Bertz CT molecular complexity index is 1480. The third-order valence-electron chi connectivity index (χ3n) is 7.57. The van der Waals surface area contributed by atoms with Gasteiger partial charge in [0.2, 0.25) is 11.8 Å². The number of anilines is 2. The molecular formula is C29H26N2O6. The summed E-state index contributed by atoms with van der Waals surface area (Å²) in [7, 11) is 3.00. The molecule has 0 spiro atoms. The summed E-state index contributed by atoms with van der Waals surface area (Å²) in [5.41, 5.74) is 2.10. The number of methoxy groups -OCH3 is 2. The van der Waals surface area contributed by atoms with Crippen molar-refractivity contribution in [3.05, 3.63) is 66.2 Å². The Balaban J connectivity index is 1.48. The molecule has 3 heterocycles. The summed E-state index contributed by atoms with van der Waals surface area (Å²) < 4.78 is 16.2. The van der Waals surface area contributed by atoms with Gasteiger partial charge in [0.15, 0.2) is 0 Å². The summed E-state index contributed by atoms with van der Waals surface area (Å²) in [5, 5.41) is 2.11. The van der Waals surface area contributed by atoms with Crippen LogP contribution in [0.3, 0.4) is 0 Å². The first kappa shape index (κ1) is 23.1. The smallest absolute Gasteiger partial charge is 0.329 e. The normalized spacial score (nSPS) is 23.6. The summed E-state index contributed by atoms with van der Waals surface area (Å²) in [5.74, 6) is -2.10. The van der Waals surface area contributed by atoms with Crippen molar-refractivity contribution in [1.82, 2.24) is 0 Å². The third-order valence-corrected chi connectivity index (χ3v) is 7.57. The molecule has 4 atom stereocenters. The average molecular weight is 499 g/mol. The highest BCUT2D eigenvalue weighted by atomic mass is 16.5. The van der Waals surface area contributed by atoms with Crippen LogP contribution in [0.1, 0.15) is 12.5 Å². The molecule has 0 aromatic heterocycles. The summed E-state index contributed by atoms with van der Waals surface area (Å²) in [6, 6.07) is 15.5. The molecule has 188 valence electrons. The molecule has 0 N–H and O–H groups in total. The number of carbonyl (C=O) groups is 3. The molecule has 2 saturated heterocycles. The second-order valence-corrected chi connectivity index (χ2v) is 9.27. The van der Waals surface area contributed by atoms with Crippen LogP contribution in [-0.2, 0) is 19.1 Å². The molecule has 8 nitrogen and oxygen atoms in total. The summed E-state index contributed by atoms with van der Waals surface area (Å²) in [6.07, 6.45) is 3.93. The minimum absolute atomic E-state index is 0.170. The lowest BCUT2D eigenvalue weighted by Crippen LogP contribution is -2.49. The molecule has 3 aliphatic heterocycles. The number of imide groups is 1. The molecule has 2 fully saturated rings. The molecule has 37 heavy (non-hydrogen) atoms. The van der Waals surface area contributed by atoms with Crippen LogP contribution in [-0.4, -0.2) is 50.7 Å². The molecule has 2 amide bonds. The van der Waals surface area contributed by atoms with Gasteiger partial charge in [-0.05, 0) is 35.9 Å². The van der Waals surface area contributed by atoms with E-state index in [1.165, 1.54) is 14.2 Å². The Morgan fingerprint density at radius 1 is 0.919 bits per heavy atom. The number of carbonyl (C=O) groups excluding carboxylic acids is 3. The Kier molecular flexibility index (Phi) is 5.40. The van der Waals surface area contributed by atoms with Crippen molar-refractivity contribution < 1.29 is 28.6 Å². The van der Waals surface area contributed by atoms with Crippen molar-refractivity contribution in [3.63, 3.8) is 0 Å². The molecule has 0 radical (unpaired) electrons. The zero-order valence-corrected chi connectivity index (χ0v) is 20.7. The lowest BCUT2D eigenvalue weighted by atomic mass is 9.88. The highest BCUT2D eigenvalue weighted by Crippen LogP contribution is 2.51. The number of hydrogen-bond donors (Lipinski definition) is 0. The number of ether oxygens (including phenoxy) is 3. The van der Waals surface area contributed by atoms with Gasteiger partial charge in [-0.1, -0.05) is 42.5 Å². The van der Waals surface area contributed by atoms with Crippen LogP contribution in [0.4, 0.5) is 11.4 Å². The van der Waals surface area contributed by atoms with Gasteiger partial charge in [0.1, 0.15) is 17.5 Å². The molecular weight excluding hydrogens is 472 g/mol. The molecule has 0 bridgehead atoms. The highest BCUT2D eigenvalue weighted by Gasteiger charge is 2.65. The largest absolute Gasteiger partial charge is 0.497 e. The van der Waals surface area contributed by atoms with Gasteiger partial charge in [-0.2, -0.15) is 0 Å². The van der Waals surface area contributed by atoms with Crippen LogP contribution >= 0.6 is 0 Å². The minimum atomic E-state index is -0.939. The third kappa shape index (κ3) is 3.25. The second kappa shape index (κ2) is 8.65. The van der Waals surface area contributed by atoms with Gasteiger partial charge >= 0.3 is 5.97 Å². The molecule has 0 aliphatic carbocycles. The summed E-state index contributed by atoms with van der Waals surface area (Å²) >= 11 is 0. The average Bonchev–Trinajstić information content (AvgIpc) is 3.40. The lowest BCUT2D eigenvalue weighted by molar-refractivity contribution is -0.147. The zero-order valence-electron chi connectivity index (χ0n) is 20.7. The van der Waals surface area contributed by atoms with Gasteiger partial charge in [0.25, 0.3) is 0 Å². The maximum atomic E-state index is 14.0. The van der Waals surface area contributed by atoms with E-state index in [4.69, 9.17) is 14.2 Å². The van der Waals surface area contributed by atoms with Crippen LogP contribution < -0.4 is 19.3 Å². The number of rotatable bonds is 5. The Morgan fingerprint density at radius 2 is 1.68 bits per heavy atom. The number of nitrogens with zero attached hydrogens (tertiary/aromatic N) is 2. The first-order valence-corrected chi connectivity index (χ1v) is 12.2. The van der Waals surface area contributed by atoms with Gasteiger partial charge < -0.3 is 19.1 Å². The number of esters is 1.